The Kier molecular flexibility index (Phi) is 12.9. The molecule has 64 heavy (non-hydrogen) atoms. The second kappa shape index (κ2) is 18.6. The van der Waals surface area contributed by atoms with Gasteiger partial charge >= 0.3 is 0 Å². The van der Waals surface area contributed by atoms with E-state index in [1.165, 1.54) is 53.7 Å². The van der Waals surface area contributed by atoms with Gasteiger partial charge in [0.05, 0.1) is 78.0 Å². The van der Waals surface area contributed by atoms with Crippen LogP contribution in [0, 0.1) is 5.82 Å². The van der Waals surface area contributed by atoms with Crippen LogP contribution >= 0.6 is 0 Å². The van der Waals surface area contributed by atoms with E-state index < -0.39 is 35.9 Å². The van der Waals surface area contributed by atoms with Gasteiger partial charge in [-0.1, -0.05) is 18.2 Å². The van der Waals surface area contributed by atoms with Crippen molar-refractivity contribution in [1.29, 1.82) is 0 Å². The van der Waals surface area contributed by atoms with Crippen molar-refractivity contribution >= 4 is 30.1 Å². The summed E-state index contributed by atoms with van der Waals surface area (Å²) in [4.78, 5) is 27.6. The Bertz CT molecular complexity index is 3260. The number of aromatic nitrogens is 13. The van der Waals surface area contributed by atoms with Crippen molar-refractivity contribution < 1.29 is 29.6 Å². The van der Waals surface area contributed by atoms with Crippen LogP contribution in [0.5, 0.6) is 0 Å². The molecule has 0 saturated carbocycles. The first-order chi connectivity index (χ1) is 30.5. The maximum Gasteiger partial charge on any atom is 0.255 e. The zero-order valence-electron chi connectivity index (χ0n) is 32.5. The van der Waals surface area contributed by atoms with Crippen molar-refractivity contribution in [3.8, 4) is 50.8 Å². The molecule has 0 fully saturated rings. The topological polar surface area (TPSA) is 324 Å². The number of sulfonamides is 3. The molecule has 0 aromatic carbocycles. The molecule has 0 spiro atoms. The van der Waals surface area contributed by atoms with E-state index in [0.717, 1.165) is 11.9 Å². The standard InChI is InChI=1S/C13H10FN5O2S.C13H11N5O2S.C12H10N6O2S/c14-10-4-11(7-16-6-10)19-8-9(5-17-19)12-2-1-3-13(18-12)22(15,20)21;14-21(19,20)13-5-1-4-12(17-13)10-7-16-18(9-10)11-3-2-6-15-8-11;13-21(19,20)12-3-1-2-11(17-12)9-4-16-18(7-9)10-5-14-8-15-6-10/h1-8H,(H2,15,20,21);1-9H,(H2,14,19,20);1-8H,(H2,13,19,20). The smallest absolute Gasteiger partial charge is 0.255 e. The lowest BCUT2D eigenvalue weighted by Gasteiger charge is -2.01. The van der Waals surface area contributed by atoms with Crippen LogP contribution in [0.15, 0.2) is 169 Å². The summed E-state index contributed by atoms with van der Waals surface area (Å²) in [6, 6.07) is 18.6. The van der Waals surface area contributed by atoms with Crippen molar-refractivity contribution in [2.45, 2.75) is 15.1 Å². The summed E-state index contributed by atoms with van der Waals surface area (Å²) >= 11 is 0. The average molecular weight is 923 g/mol. The van der Waals surface area contributed by atoms with Gasteiger partial charge < -0.3 is 0 Å². The molecule has 0 saturated heterocycles. The first-order valence-electron chi connectivity index (χ1n) is 17.9. The van der Waals surface area contributed by atoms with Gasteiger partial charge in [0.1, 0.15) is 17.8 Å². The highest BCUT2D eigenvalue weighted by atomic mass is 32.2. The van der Waals surface area contributed by atoms with Crippen molar-refractivity contribution in [3.05, 3.63) is 159 Å². The van der Waals surface area contributed by atoms with Gasteiger partial charge in [0.25, 0.3) is 30.1 Å². The molecule has 0 aliphatic heterocycles. The van der Waals surface area contributed by atoms with E-state index in [1.807, 2.05) is 6.07 Å². The Balaban J connectivity index is 0.000000144. The van der Waals surface area contributed by atoms with Gasteiger partial charge in [-0.05, 0) is 48.5 Å². The third kappa shape index (κ3) is 11.1. The van der Waals surface area contributed by atoms with Crippen LogP contribution in [-0.2, 0) is 30.1 Å². The third-order valence-corrected chi connectivity index (χ3v) is 10.8. The molecule has 0 unspecified atom stereocenters. The molecule has 0 amide bonds. The monoisotopic (exact) mass is 922 g/mol. The van der Waals surface area contributed by atoms with Gasteiger partial charge in [0.2, 0.25) is 0 Å². The van der Waals surface area contributed by atoms with E-state index >= 15 is 0 Å². The van der Waals surface area contributed by atoms with E-state index in [0.29, 0.717) is 45.1 Å². The summed E-state index contributed by atoms with van der Waals surface area (Å²) in [6.45, 7) is 0. The fourth-order valence-electron chi connectivity index (χ4n) is 5.42. The second-order valence-corrected chi connectivity index (χ2v) is 17.4. The zero-order chi connectivity index (χ0) is 45.5. The molecular formula is C38H31FN16O6S3. The van der Waals surface area contributed by atoms with Gasteiger partial charge in [0.15, 0.2) is 15.1 Å². The van der Waals surface area contributed by atoms with Gasteiger partial charge in [-0.25, -0.2) is 84.0 Å². The van der Waals surface area contributed by atoms with Gasteiger partial charge in [-0.3, -0.25) is 9.97 Å². The Morgan fingerprint density at radius 2 is 0.844 bits per heavy atom. The van der Waals surface area contributed by atoms with E-state index in [-0.39, 0.29) is 15.1 Å². The first-order valence-corrected chi connectivity index (χ1v) is 22.6. The minimum Gasteiger partial charge on any atom is -0.262 e. The van der Waals surface area contributed by atoms with E-state index in [1.54, 1.807) is 102 Å². The first kappa shape index (κ1) is 44.2. The normalized spacial score (nSPS) is 11.5. The van der Waals surface area contributed by atoms with Gasteiger partial charge in [-0.15, -0.1) is 0 Å². The Morgan fingerprint density at radius 1 is 0.438 bits per heavy atom. The minimum atomic E-state index is -3.88. The number of nitrogens with zero attached hydrogens (tertiary/aromatic N) is 13. The van der Waals surface area contributed by atoms with Crippen LogP contribution in [0.25, 0.3) is 50.8 Å². The number of rotatable bonds is 9. The van der Waals surface area contributed by atoms with Crippen molar-refractivity contribution in [2.75, 3.05) is 0 Å². The molecule has 324 valence electrons. The molecule has 0 atom stereocenters. The zero-order valence-corrected chi connectivity index (χ0v) is 35.0. The van der Waals surface area contributed by atoms with Crippen LogP contribution in [0.1, 0.15) is 0 Å². The molecular weight excluding hydrogens is 892 g/mol. The number of pyridine rings is 5. The Hall–Kier alpha value is -7.88. The molecule has 0 aliphatic carbocycles. The predicted octanol–water partition coefficient (Wildman–Crippen LogP) is 2.46. The van der Waals surface area contributed by atoms with Gasteiger partial charge in [-0.2, -0.15) is 15.3 Å². The van der Waals surface area contributed by atoms with Crippen LogP contribution in [-0.4, -0.2) is 89.5 Å². The summed E-state index contributed by atoms with van der Waals surface area (Å²) in [7, 11) is -11.5. The SMILES string of the molecule is NS(=O)(=O)c1cccc(-c2cnn(-c3cccnc3)c2)n1.NS(=O)(=O)c1cccc(-c2cnn(-c3cncc(F)c3)c2)n1.NS(=O)(=O)c1cccc(-c2cnn(-c3cncnc3)c2)n1. The number of hydrogen-bond acceptors (Lipinski definition) is 16. The molecule has 9 aromatic rings. The Morgan fingerprint density at radius 3 is 1.25 bits per heavy atom. The molecule has 26 heteroatoms. The highest BCUT2D eigenvalue weighted by molar-refractivity contribution is 7.89. The van der Waals surface area contributed by atoms with E-state index in [2.05, 4.69) is 50.2 Å². The highest BCUT2D eigenvalue weighted by Gasteiger charge is 2.15. The molecule has 9 aromatic heterocycles. The summed E-state index contributed by atoms with van der Waals surface area (Å²) in [5.41, 5.74) is 5.17. The fourth-order valence-corrected chi connectivity index (χ4v) is 6.90. The summed E-state index contributed by atoms with van der Waals surface area (Å²) in [5, 5.41) is 27.1. The van der Waals surface area contributed by atoms with Crippen LogP contribution < -0.4 is 15.4 Å². The maximum atomic E-state index is 13.2. The molecule has 0 bridgehead atoms. The van der Waals surface area contributed by atoms with Crippen molar-refractivity contribution in [2.24, 2.45) is 15.4 Å². The molecule has 9 rings (SSSR count). The lowest BCUT2D eigenvalue weighted by molar-refractivity contribution is 0.592. The summed E-state index contributed by atoms with van der Waals surface area (Å²) < 4.78 is 85.7. The van der Waals surface area contributed by atoms with Crippen molar-refractivity contribution in [3.63, 3.8) is 0 Å². The van der Waals surface area contributed by atoms with Crippen LogP contribution in [0.2, 0.25) is 0 Å². The van der Waals surface area contributed by atoms with Crippen molar-refractivity contribution in [1.82, 2.24) is 64.2 Å². The lowest BCUT2D eigenvalue weighted by atomic mass is 10.2. The molecule has 0 aliphatic rings. The largest absolute Gasteiger partial charge is 0.262 e. The van der Waals surface area contributed by atoms with Gasteiger partial charge in [0, 0.05) is 47.5 Å². The Labute approximate surface area is 363 Å². The quantitative estimate of drug-likeness (QED) is 0.187. The number of halogens is 1. The minimum absolute atomic E-state index is 0.172. The van der Waals surface area contributed by atoms with Crippen LogP contribution in [0.4, 0.5) is 4.39 Å². The molecule has 9 heterocycles. The third-order valence-electron chi connectivity index (χ3n) is 8.36. The highest BCUT2D eigenvalue weighted by Crippen LogP contribution is 2.22. The maximum absolute atomic E-state index is 13.2. The molecule has 22 nitrogen and oxygen atoms in total. The number of primary sulfonamides is 3. The summed E-state index contributed by atoms with van der Waals surface area (Å²) in [5.74, 6) is -0.483. The lowest BCUT2D eigenvalue weighted by Crippen LogP contribution is -2.14. The number of hydrogen-bond donors (Lipinski definition) is 3. The van der Waals surface area contributed by atoms with Crippen LogP contribution in [0.3, 0.4) is 0 Å². The van der Waals surface area contributed by atoms with E-state index in [4.69, 9.17) is 15.4 Å². The molecule has 0 radical (unpaired) electrons. The predicted molar refractivity (Wildman–Crippen MR) is 226 cm³/mol. The summed E-state index contributed by atoms with van der Waals surface area (Å²) in [6.07, 6.45) is 20.2. The number of nitrogens with two attached hydrogens (primary N) is 3. The fraction of sp³-hybridized carbons (Fsp3) is 0. The van der Waals surface area contributed by atoms with E-state index in [9.17, 15) is 29.6 Å². The second-order valence-electron chi connectivity index (χ2n) is 12.9. The average Bonchev–Trinajstić information content (AvgIpc) is 4.10. The molecule has 6 N–H and O–H groups in total.